The molecule has 6 heteroatoms. The lowest BCUT2D eigenvalue weighted by Gasteiger charge is -2.11. The van der Waals surface area contributed by atoms with Crippen LogP contribution in [0.5, 0.6) is 17.2 Å². The maximum Gasteiger partial charge on any atom is 0.231 e. The lowest BCUT2D eigenvalue weighted by Crippen LogP contribution is -2.28. The summed E-state index contributed by atoms with van der Waals surface area (Å²) < 4.78 is 15.8. The van der Waals surface area contributed by atoms with E-state index in [1.807, 2.05) is 12.1 Å². The Kier molecular flexibility index (Phi) is 4.24. The molecule has 1 unspecified atom stereocenters. The van der Waals surface area contributed by atoms with Gasteiger partial charge in [0, 0.05) is 13.1 Å². The number of aliphatic hydroxyl groups excluding tert-OH is 2. The predicted molar refractivity (Wildman–Crippen MR) is 63.9 cm³/mol. The topological polar surface area (TPSA) is 80.2 Å². The van der Waals surface area contributed by atoms with Crippen LogP contribution in [-0.2, 0) is 6.54 Å². The van der Waals surface area contributed by atoms with Crippen LogP contribution in [0.2, 0.25) is 0 Å². The highest BCUT2D eigenvalue weighted by molar-refractivity contribution is 5.55. The molecule has 0 bridgehead atoms. The summed E-state index contributed by atoms with van der Waals surface area (Å²) in [6.07, 6.45) is -0.749. The molecule has 0 spiro atoms. The van der Waals surface area contributed by atoms with E-state index in [1.54, 1.807) is 7.11 Å². The van der Waals surface area contributed by atoms with Gasteiger partial charge in [0.1, 0.15) is 0 Å². The summed E-state index contributed by atoms with van der Waals surface area (Å²) in [6.45, 7) is 0.820. The van der Waals surface area contributed by atoms with E-state index in [4.69, 9.17) is 19.3 Å². The molecule has 100 valence electrons. The van der Waals surface area contributed by atoms with Gasteiger partial charge in [-0.3, -0.25) is 0 Å². The molecule has 0 aliphatic carbocycles. The van der Waals surface area contributed by atoms with Gasteiger partial charge in [-0.2, -0.15) is 0 Å². The summed E-state index contributed by atoms with van der Waals surface area (Å²) >= 11 is 0. The van der Waals surface area contributed by atoms with E-state index in [0.29, 0.717) is 30.3 Å². The Morgan fingerprint density at radius 3 is 3.00 bits per heavy atom. The minimum atomic E-state index is -0.749. The number of rotatable bonds is 6. The smallest absolute Gasteiger partial charge is 0.231 e. The van der Waals surface area contributed by atoms with Crippen molar-refractivity contribution in [2.24, 2.45) is 0 Å². The fraction of sp³-hybridized carbons (Fsp3) is 0.500. The monoisotopic (exact) mass is 255 g/mol. The maximum atomic E-state index is 9.21. The van der Waals surface area contributed by atoms with Crippen molar-refractivity contribution in [1.29, 1.82) is 0 Å². The van der Waals surface area contributed by atoms with Crippen LogP contribution in [0.3, 0.4) is 0 Å². The molecule has 0 aromatic heterocycles. The highest BCUT2D eigenvalue weighted by Gasteiger charge is 2.19. The quantitative estimate of drug-likeness (QED) is 0.657. The minimum Gasteiger partial charge on any atom is -0.493 e. The number of ether oxygens (including phenoxy) is 3. The fourth-order valence-electron chi connectivity index (χ4n) is 1.73. The summed E-state index contributed by atoms with van der Waals surface area (Å²) in [4.78, 5) is 0. The maximum absolute atomic E-state index is 9.21. The zero-order valence-electron chi connectivity index (χ0n) is 10.2. The molecule has 1 aliphatic rings. The van der Waals surface area contributed by atoms with Gasteiger partial charge >= 0.3 is 0 Å². The van der Waals surface area contributed by atoms with Gasteiger partial charge in [-0.25, -0.2) is 0 Å². The molecule has 1 atom stereocenters. The van der Waals surface area contributed by atoms with Crippen LogP contribution in [0.1, 0.15) is 5.56 Å². The number of aliphatic hydroxyl groups is 2. The van der Waals surface area contributed by atoms with Crippen LogP contribution in [-0.4, -0.2) is 43.4 Å². The SMILES string of the molecule is COc1cc(CNCC(O)CO)cc2c1OCO2. The summed E-state index contributed by atoms with van der Waals surface area (Å²) in [6, 6.07) is 3.72. The first-order chi connectivity index (χ1) is 8.74. The summed E-state index contributed by atoms with van der Waals surface area (Å²) in [5.41, 5.74) is 0.959. The van der Waals surface area contributed by atoms with Gasteiger partial charge in [0.15, 0.2) is 11.5 Å². The highest BCUT2D eigenvalue weighted by atomic mass is 16.7. The van der Waals surface area contributed by atoms with Crippen LogP contribution in [0.25, 0.3) is 0 Å². The van der Waals surface area contributed by atoms with Crippen molar-refractivity contribution >= 4 is 0 Å². The molecule has 6 nitrogen and oxygen atoms in total. The highest BCUT2D eigenvalue weighted by Crippen LogP contribution is 2.41. The van der Waals surface area contributed by atoms with Crippen LogP contribution in [0.4, 0.5) is 0 Å². The summed E-state index contributed by atoms with van der Waals surface area (Å²) in [5.74, 6) is 1.91. The van der Waals surface area contributed by atoms with E-state index in [-0.39, 0.29) is 13.4 Å². The first-order valence-corrected chi connectivity index (χ1v) is 5.70. The molecule has 1 aliphatic heterocycles. The lowest BCUT2D eigenvalue weighted by atomic mass is 10.2. The average Bonchev–Trinajstić information content (AvgIpc) is 2.85. The molecule has 0 fully saturated rings. The van der Waals surface area contributed by atoms with Crippen LogP contribution in [0.15, 0.2) is 12.1 Å². The van der Waals surface area contributed by atoms with Gasteiger partial charge in [-0.05, 0) is 17.7 Å². The van der Waals surface area contributed by atoms with E-state index in [1.165, 1.54) is 0 Å². The first-order valence-electron chi connectivity index (χ1n) is 5.70. The van der Waals surface area contributed by atoms with Gasteiger partial charge in [0.25, 0.3) is 0 Å². The second-order valence-corrected chi connectivity index (χ2v) is 4.00. The standard InChI is InChI=1S/C12H17NO5/c1-16-10-2-8(4-13-5-9(15)6-14)3-11-12(10)18-7-17-11/h2-3,9,13-15H,4-7H2,1H3. The van der Waals surface area contributed by atoms with Gasteiger partial charge in [0.05, 0.1) is 19.8 Å². The van der Waals surface area contributed by atoms with E-state index < -0.39 is 6.10 Å². The van der Waals surface area contributed by atoms with Crippen molar-refractivity contribution in [2.75, 3.05) is 27.1 Å². The van der Waals surface area contributed by atoms with Gasteiger partial charge < -0.3 is 29.7 Å². The zero-order valence-corrected chi connectivity index (χ0v) is 10.2. The van der Waals surface area contributed by atoms with Crippen molar-refractivity contribution in [2.45, 2.75) is 12.6 Å². The molecule has 18 heavy (non-hydrogen) atoms. The largest absolute Gasteiger partial charge is 0.493 e. The Hall–Kier alpha value is -1.50. The van der Waals surface area contributed by atoms with Crippen molar-refractivity contribution in [1.82, 2.24) is 5.32 Å². The molecule has 0 saturated carbocycles. The van der Waals surface area contributed by atoms with Crippen molar-refractivity contribution < 1.29 is 24.4 Å². The molecule has 1 heterocycles. The minimum absolute atomic E-state index is 0.200. The number of hydrogen-bond donors (Lipinski definition) is 3. The molecule has 2 rings (SSSR count). The third-order valence-electron chi connectivity index (χ3n) is 2.64. The van der Waals surface area contributed by atoms with Crippen molar-refractivity contribution in [3.05, 3.63) is 17.7 Å². The van der Waals surface area contributed by atoms with E-state index in [9.17, 15) is 5.11 Å². The molecule has 1 aromatic carbocycles. The Morgan fingerprint density at radius 2 is 2.28 bits per heavy atom. The number of methoxy groups -OCH3 is 1. The first kappa shape index (κ1) is 12.9. The zero-order chi connectivity index (χ0) is 13.0. The predicted octanol–water partition coefficient (Wildman–Crippen LogP) is -0.133. The Balaban J connectivity index is 2.01. The fourth-order valence-corrected chi connectivity index (χ4v) is 1.73. The average molecular weight is 255 g/mol. The molecular formula is C12H17NO5. The van der Waals surface area contributed by atoms with Crippen LogP contribution >= 0.6 is 0 Å². The normalized spacial score (nSPS) is 14.6. The molecule has 0 amide bonds. The van der Waals surface area contributed by atoms with Gasteiger partial charge in [-0.1, -0.05) is 0 Å². The molecule has 3 N–H and O–H groups in total. The van der Waals surface area contributed by atoms with E-state index in [0.717, 1.165) is 5.56 Å². The Labute approximate surface area is 105 Å². The Bertz CT molecular complexity index is 410. The molecular weight excluding hydrogens is 238 g/mol. The van der Waals surface area contributed by atoms with Crippen molar-refractivity contribution in [3.63, 3.8) is 0 Å². The van der Waals surface area contributed by atoms with E-state index in [2.05, 4.69) is 5.32 Å². The van der Waals surface area contributed by atoms with E-state index >= 15 is 0 Å². The van der Waals surface area contributed by atoms with Crippen LogP contribution < -0.4 is 19.5 Å². The number of fused-ring (bicyclic) bond motifs is 1. The second-order valence-electron chi connectivity index (χ2n) is 4.00. The number of hydrogen-bond acceptors (Lipinski definition) is 6. The molecule has 0 saturated heterocycles. The van der Waals surface area contributed by atoms with Gasteiger partial charge in [-0.15, -0.1) is 0 Å². The molecule has 1 aromatic rings. The second kappa shape index (κ2) is 5.90. The number of benzene rings is 1. The summed E-state index contributed by atoms with van der Waals surface area (Å²) in [7, 11) is 1.57. The van der Waals surface area contributed by atoms with Crippen LogP contribution in [0, 0.1) is 0 Å². The Morgan fingerprint density at radius 1 is 1.44 bits per heavy atom. The third kappa shape index (κ3) is 2.84. The summed E-state index contributed by atoms with van der Waals surface area (Å²) in [5, 5.41) is 20.9. The number of nitrogens with one attached hydrogen (secondary N) is 1. The van der Waals surface area contributed by atoms with Crippen molar-refractivity contribution in [3.8, 4) is 17.2 Å². The lowest BCUT2D eigenvalue weighted by molar-refractivity contribution is 0.0942. The molecule has 0 radical (unpaired) electrons. The van der Waals surface area contributed by atoms with Gasteiger partial charge in [0.2, 0.25) is 12.5 Å². The third-order valence-corrected chi connectivity index (χ3v) is 2.64.